The van der Waals surface area contributed by atoms with Gasteiger partial charge in [-0.1, -0.05) is 152 Å². The van der Waals surface area contributed by atoms with E-state index in [4.69, 9.17) is 8.83 Å². The first-order chi connectivity index (χ1) is 28.2. The van der Waals surface area contributed by atoms with Gasteiger partial charge in [0, 0.05) is 44.7 Å². The Morgan fingerprint density at radius 1 is 0.263 bits per heavy atom. The molecule has 11 aromatic rings. The quantitative estimate of drug-likeness (QED) is 0.164. The van der Waals surface area contributed by atoms with Crippen LogP contribution in [0.4, 0.5) is 17.1 Å². The lowest BCUT2D eigenvalue weighted by molar-refractivity contribution is 0.664. The van der Waals surface area contributed by atoms with Crippen LogP contribution < -0.4 is 4.90 Å². The highest BCUT2D eigenvalue weighted by atomic mass is 16.3. The van der Waals surface area contributed by atoms with Gasteiger partial charge in [-0.2, -0.15) is 0 Å². The lowest BCUT2D eigenvalue weighted by atomic mass is 9.99. The molecule has 3 nitrogen and oxygen atoms in total. The second-order valence-electron chi connectivity index (χ2n) is 14.5. The minimum Gasteiger partial charge on any atom is -0.456 e. The molecule has 0 fully saturated rings. The van der Waals surface area contributed by atoms with Crippen LogP contribution in [0.25, 0.3) is 88.4 Å². The number of fused-ring (bicyclic) bond motifs is 6. The second-order valence-corrected chi connectivity index (χ2v) is 14.5. The van der Waals surface area contributed by atoms with Crippen LogP contribution in [-0.2, 0) is 0 Å². The van der Waals surface area contributed by atoms with E-state index in [-0.39, 0.29) is 0 Å². The zero-order valence-corrected chi connectivity index (χ0v) is 31.0. The number of furan rings is 2. The molecule has 3 heteroatoms. The molecule has 0 aliphatic rings. The van der Waals surface area contributed by atoms with Crippen LogP contribution in [-0.4, -0.2) is 0 Å². The van der Waals surface area contributed by atoms with E-state index in [2.05, 4.69) is 205 Å². The fraction of sp³-hybridized carbons (Fsp3) is 0. The molecule has 0 bridgehead atoms. The molecule has 0 spiro atoms. The molecular formula is C54H35NO2. The van der Waals surface area contributed by atoms with Gasteiger partial charge in [-0.15, -0.1) is 0 Å². The van der Waals surface area contributed by atoms with Crippen LogP contribution in [0, 0.1) is 0 Å². The van der Waals surface area contributed by atoms with Crippen LogP contribution in [0.3, 0.4) is 0 Å². The summed E-state index contributed by atoms with van der Waals surface area (Å²) in [6.07, 6.45) is 0. The predicted octanol–water partition coefficient (Wildman–Crippen LogP) is 15.6. The monoisotopic (exact) mass is 729 g/mol. The zero-order valence-electron chi connectivity index (χ0n) is 31.0. The van der Waals surface area contributed by atoms with Gasteiger partial charge in [0.15, 0.2) is 0 Å². The van der Waals surface area contributed by atoms with Crippen LogP contribution in [0.15, 0.2) is 221 Å². The van der Waals surface area contributed by atoms with Gasteiger partial charge in [-0.05, 0) is 99.1 Å². The molecule has 57 heavy (non-hydrogen) atoms. The van der Waals surface area contributed by atoms with Gasteiger partial charge in [0.1, 0.15) is 22.3 Å². The lowest BCUT2D eigenvalue weighted by Gasteiger charge is -2.26. The molecule has 0 saturated carbocycles. The minimum atomic E-state index is 0.823. The molecule has 0 atom stereocenters. The number of nitrogens with zero attached hydrogens (tertiary/aromatic N) is 1. The Morgan fingerprint density at radius 2 is 0.684 bits per heavy atom. The first-order valence-corrected chi connectivity index (χ1v) is 19.3. The summed E-state index contributed by atoms with van der Waals surface area (Å²) in [6.45, 7) is 0. The number of rotatable bonds is 7. The van der Waals surface area contributed by atoms with E-state index in [1.54, 1.807) is 0 Å². The highest BCUT2D eigenvalue weighted by Crippen LogP contribution is 2.43. The zero-order chi connectivity index (χ0) is 37.7. The molecule has 268 valence electrons. The van der Waals surface area contributed by atoms with Gasteiger partial charge < -0.3 is 13.7 Å². The maximum absolute atomic E-state index is 6.71. The summed E-state index contributed by atoms with van der Waals surface area (Å²) in [6, 6.07) is 75.0. The summed E-state index contributed by atoms with van der Waals surface area (Å²) < 4.78 is 13.2. The van der Waals surface area contributed by atoms with Crippen LogP contribution in [0.1, 0.15) is 0 Å². The number of benzene rings is 9. The van der Waals surface area contributed by atoms with E-state index in [1.165, 1.54) is 27.8 Å². The highest BCUT2D eigenvalue weighted by Gasteiger charge is 2.19. The predicted molar refractivity (Wildman–Crippen MR) is 237 cm³/mol. The van der Waals surface area contributed by atoms with E-state index in [9.17, 15) is 0 Å². The van der Waals surface area contributed by atoms with E-state index in [1.807, 2.05) is 12.1 Å². The van der Waals surface area contributed by atoms with E-state index < -0.39 is 0 Å². The maximum atomic E-state index is 6.71. The largest absolute Gasteiger partial charge is 0.456 e. The van der Waals surface area contributed by atoms with Gasteiger partial charge in [0.25, 0.3) is 0 Å². The summed E-state index contributed by atoms with van der Waals surface area (Å²) in [5.41, 5.74) is 15.9. The molecule has 0 unspecified atom stereocenters. The standard InChI is InChI=1S/C54H35NO2/c1-4-11-36(12-5-1)38-19-21-39(22-20-38)41-25-29-44(30-26-41)55(43-27-23-40(24-28-43)37-13-6-2-7-14-37)45-31-32-47-48-34-53-49(35-52(48)57-51(47)33-45)54-46(17-10-18-50(54)56-53)42-15-8-3-9-16-42/h1-35H. The molecule has 0 saturated heterocycles. The third kappa shape index (κ3) is 5.85. The van der Waals surface area contributed by atoms with Gasteiger partial charge in [-0.25, -0.2) is 0 Å². The third-order valence-corrected chi connectivity index (χ3v) is 11.1. The molecule has 0 aliphatic carbocycles. The molecule has 0 N–H and O–H groups in total. The molecule has 0 radical (unpaired) electrons. The molecule has 0 aliphatic heterocycles. The second kappa shape index (κ2) is 13.6. The van der Waals surface area contributed by atoms with Crippen molar-refractivity contribution in [3.63, 3.8) is 0 Å². The average Bonchev–Trinajstić information content (AvgIpc) is 3.84. The normalized spacial score (nSPS) is 11.5. The number of hydrogen-bond acceptors (Lipinski definition) is 3. The first kappa shape index (κ1) is 32.8. The fourth-order valence-electron chi connectivity index (χ4n) is 8.25. The topological polar surface area (TPSA) is 29.5 Å². The van der Waals surface area contributed by atoms with Crippen LogP contribution in [0.5, 0.6) is 0 Å². The molecule has 2 heterocycles. The van der Waals surface area contributed by atoms with Gasteiger partial charge in [0.2, 0.25) is 0 Å². The van der Waals surface area contributed by atoms with Crippen molar-refractivity contribution < 1.29 is 8.83 Å². The molecule has 2 aromatic heterocycles. The SMILES string of the molecule is c1ccc(-c2ccc(-c3ccc(N(c4ccc(-c5ccccc5)cc4)c4ccc5c(c4)oc4cc6c(cc45)oc4cccc(-c5ccccc5)c46)cc3)cc2)cc1. The number of anilines is 3. The van der Waals surface area contributed by atoms with Crippen molar-refractivity contribution >= 4 is 60.9 Å². The van der Waals surface area contributed by atoms with Crippen molar-refractivity contribution in [3.8, 4) is 44.5 Å². The number of hydrogen-bond donors (Lipinski definition) is 0. The highest BCUT2D eigenvalue weighted by molar-refractivity contribution is 6.18. The van der Waals surface area contributed by atoms with Gasteiger partial charge in [0.05, 0.1) is 0 Å². The molecule has 11 rings (SSSR count). The Hall–Kier alpha value is -7.62. The van der Waals surface area contributed by atoms with Crippen molar-refractivity contribution in [3.05, 3.63) is 212 Å². The Morgan fingerprint density at radius 3 is 1.25 bits per heavy atom. The Labute approximate surface area is 330 Å². The Kier molecular flexibility index (Phi) is 7.82. The summed E-state index contributed by atoms with van der Waals surface area (Å²) in [4.78, 5) is 2.30. The Balaban J connectivity index is 1.00. The van der Waals surface area contributed by atoms with E-state index >= 15 is 0 Å². The van der Waals surface area contributed by atoms with Crippen molar-refractivity contribution in [1.82, 2.24) is 0 Å². The average molecular weight is 730 g/mol. The van der Waals surface area contributed by atoms with Crippen molar-refractivity contribution in [2.24, 2.45) is 0 Å². The van der Waals surface area contributed by atoms with Gasteiger partial charge >= 0.3 is 0 Å². The first-order valence-electron chi connectivity index (χ1n) is 19.3. The van der Waals surface area contributed by atoms with Crippen molar-refractivity contribution in [2.45, 2.75) is 0 Å². The van der Waals surface area contributed by atoms with Crippen LogP contribution in [0.2, 0.25) is 0 Å². The summed E-state index contributed by atoms with van der Waals surface area (Å²) in [5.74, 6) is 0. The Bertz CT molecular complexity index is 3180. The summed E-state index contributed by atoms with van der Waals surface area (Å²) in [7, 11) is 0. The lowest BCUT2D eigenvalue weighted by Crippen LogP contribution is -2.09. The molecular weight excluding hydrogens is 695 g/mol. The third-order valence-electron chi connectivity index (χ3n) is 11.1. The molecule has 0 amide bonds. The van der Waals surface area contributed by atoms with Gasteiger partial charge in [-0.3, -0.25) is 0 Å². The van der Waals surface area contributed by atoms with E-state index in [0.29, 0.717) is 0 Å². The molecule has 9 aromatic carbocycles. The van der Waals surface area contributed by atoms with Crippen LogP contribution >= 0.6 is 0 Å². The van der Waals surface area contributed by atoms with Crippen molar-refractivity contribution in [2.75, 3.05) is 4.90 Å². The van der Waals surface area contributed by atoms with E-state index in [0.717, 1.165) is 77.6 Å². The maximum Gasteiger partial charge on any atom is 0.137 e. The summed E-state index contributed by atoms with van der Waals surface area (Å²) >= 11 is 0. The minimum absolute atomic E-state index is 0.823. The smallest absolute Gasteiger partial charge is 0.137 e. The summed E-state index contributed by atoms with van der Waals surface area (Å²) in [5, 5.41) is 4.23. The fourth-order valence-corrected chi connectivity index (χ4v) is 8.25. The van der Waals surface area contributed by atoms with Crippen molar-refractivity contribution in [1.29, 1.82) is 0 Å².